The fraction of sp³-hybridized carbons (Fsp3) is 0.577. The molecule has 168 valence electrons. The first-order valence-electron chi connectivity index (χ1n) is 12.0. The second-order valence-electron chi connectivity index (χ2n) is 10.9. The topological polar surface area (TPSA) is 59.8 Å². The molecule has 6 rings (SSSR count). The first-order valence-corrected chi connectivity index (χ1v) is 12.4. The molecule has 2 aromatic rings. The third kappa shape index (κ3) is 2.79. The molecule has 3 aliphatic carbocycles. The van der Waals surface area contributed by atoms with Crippen LogP contribution in [0.15, 0.2) is 36.9 Å². The minimum absolute atomic E-state index is 0.0393. The SMILES string of the molecule is C[C@]12CC[C@H]3[C@@H](CCC4n5ccnc5C=C[C@@]43C)[C@@H]1CC[C@@H]2C(=O)Nc1cnccc1Cl. The zero-order valence-corrected chi connectivity index (χ0v) is 19.6. The van der Waals surface area contributed by atoms with Crippen LogP contribution < -0.4 is 5.32 Å². The molecule has 3 fully saturated rings. The molecule has 0 aromatic carbocycles. The Morgan fingerprint density at radius 3 is 2.88 bits per heavy atom. The summed E-state index contributed by atoms with van der Waals surface area (Å²) in [6, 6.07) is 2.23. The molecule has 1 unspecified atom stereocenters. The second kappa shape index (κ2) is 7.18. The molecule has 5 nitrogen and oxygen atoms in total. The van der Waals surface area contributed by atoms with Gasteiger partial charge in [-0.1, -0.05) is 31.5 Å². The lowest BCUT2D eigenvalue weighted by Gasteiger charge is -2.59. The van der Waals surface area contributed by atoms with Gasteiger partial charge in [-0.15, -0.1) is 0 Å². The van der Waals surface area contributed by atoms with E-state index in [-0.39, 0.29) is 22.7 Å². The summed E-state index contributed by atoms with van der Waals surface area (Å²) in [6.07, 6.45) is 19.0. The Bertz CT molecular complexity index is 1100. The molecule has 7 atom stereocenters. The van der Waals surface area contributed by atoms with Gasteiger partial charge in [-0.05, 0) is 73.8 Å². The Morgan fingerprint density at radius 1 is 1.16 bits per heavy atom. The summed E-state index contributed by atoms with van der Waals surface area (Å²) in [6.45, 7) is 4.86. The largest absolute Gasteiger partial charge is 0.328 e. The predicted molar refractivity (Wildman–Crippen MR) is 126 cm³/mol. The number of halogens is 1. The van der Waals surface area contributed by atoms with E-state index < -0.39 is 0 Å². The first kappa shape index (κ1) is 20.5. The van der Waals surface area contributed by atoms with Crippen molar-refractivity contribution in [3.05, 3.63) is 47.8 Å². The molecule has 0 radical (unpaired) electrons. The summed E-state index contributed by atoms with van der Waals surface area (Å²) in [4.78, 5) is 22.0. The first-order chi connectivity index (χ1) is 15.4. The van der Waals surface area contributed by atoms with E-state index in [4.69, 9.17) is 11.6 Å². The highest BCUT2D eigenvalue weighted by atomic mass is 35.5. The van der Waals surface area contributed by atoms with E-state index in [2.05, 4.69) is 52.0 Å². The van der Waals surface area contributed by atoms with Gasteiger partial charge in [0.1, 0.15) is 5.82 Å². The number of anilines is 1. The Labute approximate surface area is 194 Å². The van der Waals surface area contributed by atoms with Gasteiger partial charge >= 0.3 is 0 Å². The lowest BCUT2D eigenvalue weighted by atomic mass is 9.48. The summed E-state index contributed by atoms with van der Waals surface area (Å²) >= 11 is 6.28. The van der Waals surface area contributed by atoms with Crippen molar-refractivity contribution in [1.29, 1.82) is 0 Å². The number of aromatic nitrogens is 3. The zero-order valence-electron chi connectivity index (χ0n) is 18.8. The van der Waals surface area contributed by atoms with Gasteiger partial charge in [0, 0.05) is 36.0 Å². The van der Waals surface area contributed by atoms with Crippen molar-refractivity contribution in [1.82, 2.24) is 14.5 Å². The molecular formula is C26H31ClN4O. The molecule has 3 saturated carbocycles. The number of pyridine rings is 1. The van der Waals surface area contributed by atoms with Crippen LogP contribution in [0.1, 0.15) is 64.2 Å². The van der Waals surface area contributed by atoms with Crippen LogP contribution >= 0.6 is 11.6 Å². The van der Waals surface area contributed by atoms with Crippen molar-refractivity contribution < 1.29 is 4.79 Å². The Hall–Kier alpha value is -2.14. The highest BCUT2D eigenvalue weighted by Gasteiger charge is 2.61. The monoisotopic (exact) mass is 450 g/mol. The number of hydrogen-bond donors (Lipinski definition) is 1. The van der Waals surface area contributed by atoms with E-state index in [1.165, 1.54) is 19.3 Å². The summed E-state index contributed by atoms with van der Waals surface area (Å²) in [5.41, 5.74) is 0.847. The average Bonchev–Trinajstić information content (AvgIpc) is 3.39. The standard InChI is InChI=1S/C26H31ClN4O/c1-25-10-7-18-16(3-6-22-26(18,2)11-8-23-29-13-14-31(22)23)17(25)4-5-19(25)24(32)30-21-15-28-12-9-20(21)27/h8-9,11-19,22H,3-7,10H2,1-2H3,(H,30,32)/t16-,17-,18-,19+,22?,25-,26+/m0/s1. The van der Waals surface area contributed by atoms with Crippen LogP contribution in [0.25, 0.3) is 6.08 Å². The maximum Gasteiger partial charge on any atom is 0.228 e. The number of carbonyl (C=O) groups excluding carboxylic acids is 1. The van der Waals surface area contributed by atoms with Crippen molar-refractivity contribution in [2.75, 3.05) is 5.32 Å². The van der Waals surface area contributed by atoms with E-state index in [1.807, 2.05) is 6.20 Å². The van der Waals surface area contributed by atoms with Gasteiger partial charge in [-0.3, -0.25) is 9.78 Å². The van der Waals surface area contributed by atoms with Crippen LogP contribution in [0.5, 0.6) is 0 Å². The average molecular weight is 451 g/mol. The molecule has 1 N–H and O–H groups in total. The lowest BCUT2D eigenvalue weighted by Crippen LogP contribution is -2.53. The van der Waals surface area contributed by atoms with Gasteiger partial charge in [0.2, 0.25) is 5.91 Å². The normalized spacial score (nSPS) is 39.5. The van der Waals surface area contributed by atoms with Crippen LogP contribution in [-0.4, -0.2) is 20.4 Å². The van der Waals surface area contributed by atoms with Crippen molar-refractivity contribution in [3.63, 3.8) is 0 Å². The highest BCUT2D eigenvalue weighted by molar-refractivity contribution is 6.33. The number of carbonyl (C=O) groups is 1. The summed E-state index contributed by atoms with van der Waals surface area (Å²) < 4.78 is 2.41. The molecule has 2 aromatic heterocycles. The number of rotatable bonds is 2. The quantitative estimate of drug-likeness (QED) is 0.610. The van der Waals surface area contributed by atoms with Crippen LogP contribution in [0.2, 0.25) is 5.02 Å². The van der Waals surface area contributed by atoms with Crippen LogP contribution in [0.4, 0.5) is 5.69 Å². The van der Waals surface area contributed by atoms with E-state index in [0.717, 1.165) is 25.1 Å². The fourth-order valence-corrected chi connectivity index (χ4v) is 8.29. The summed E-state index contributed by atoms with van der Waals surface area (Å²) in [5.74, 6) is 3.21. The van der Waals surface area contributed by atoms with Crippen LogP contribution in [0, 0.1) is 34.5 Å². The smallest absolute Gasteiger partial charge is 0.228 e. The van der Waals surface area contributed by atoms with E-state index in [9.17, 15) is 4.79 Å². The molecule has 0 bridgehead atoms. The van der Waals surface area contributed by atoms with Gasteiger partial charge in [0.15, 0.2) is 0 Å². The van der Waals surface area contributed by atoms with E-state index >= 15 is 0 Å². The van der Waals surface area contributed by atoms with Gasteiger partial charge in [-0.2, -0.15) is 0 Å². The number of hydrogen-bond acceptors (Lipinski definition) is 3. The molecule has 6 heteroatoms. The maximum absolute atomic E-state index is 13.4. The molecule has 0 spiro atoms. The van der Waals surface area contributed by atoms with Gasteiger partial charge in [0.05, 0.1) is 16.9 Å². The minimum Gasteiger partial charge on any atom is -0.328 e. The van der Waals surface area contributed by atoms with Crippen LogP contribution in [0.3, 0.4) is 0 Å². The Morgan fingerprint density at radius 2 is 2.03 bits per heavy atom. The number of amides is 1. The minimum atomic E-state index is 0.0393. The number of allylic oxidation sites excluding steroid dienone is 1. The number of imidazole rings is 1. The van der Waals surface area contributed by atoms with Gasteiger partial charge in [-0.25, -0.2) is 4.98 Å². The third-order valence-electron chi connectivity index (χ3n) is 9.70. The zero-order chi connectivity index (χ0) is 22.1. The van der Waals surface area contributed by atoms with E-state index in [0.29, 0.717) is 34.5 Å². The van der Waals surface area contributed by atoms with Crippen molar-refractivity contribution in [2.45, 2.75) is 58.4 Å². The van der Waals surface area contributed by atoms with Crippen molar-refractivity contribution >= 4 is 29.3 Å². The molecule has 0 saturated heterocycles. The second-order valence-corrected chi connectivity index (χ2v) is 11.3. The van der Waals surface area contributed by atoms with E-state index in [1.54, 1.807) is 18.5 Å². The Kier molecular flexibility index (Phi) is 4.59. The van der Waals surface area contributed by atoms with Crippen molar-refractivity contribution in [3.8, 4) is 0 Å². The molecule has 32 heavy (non-hydrogen) atoms. The molecule has 1 aliphatic heterocycles. The Balaban J connectivity index is 1.26. The molecule has 3 heterocycles. The fourth-order valence-electron chi connectivity index (χ4n) is 8.14. The number of nitrogens with one attached hydrogen (secondary N) is 1. The van der Waals surface area contributed by atoms with Crippen LogP contribution in [-0.2, 0) is 4.79 Å². The predicted octanol–water partition coefficient (Wildman–Crippen LogP) is 6.00. The van der Waals surface area contributed by atoms with Gasteiger partial charge in [0.25, 0.3) is 0 Å². The molecule has 1 amide bonds. The maximum atomic E-state index is 13.4. The number of nitrogens with zero attached hydrogens (tertiary/aromatic N) is 3. The third-order valence-corrected chi connectivity index (χ3v) is 10.0. The van der Waals surface area contributed by atoms with Crippen molar-refractivity contribution in [2.24, 2.45) is 34.5 Å². The number of fused-ring (bicyclic) bond motifs is 7. The highest BCUT2D eigenvalue weighted by Crippen LogP contribution is 2.67. The van der Waals surface area contributed by atoms with Gasteiger partial charge < -0.3 is 9.88 Å². The molecular weight excluding hydrogens is 420 g/mol. The molecule has 4 aliphatic rings. The lowest BCUT2D eigenvalue weighted by molar-refractivity contribution is -0.127. The summed E-state index contributed by atoms with van der Waals surface area (Å²) in [7, 11) is 0. The summed E-state index contributed by atoms with van der Waals surface area (Å²) in [5, 5.41) is 3.64.